The monoisotopic (exact) mass is 396 g/mol. The largest absolute Gasteiger partial charge is 0.508 e. The number of nitrogens with zero attached hydrogens (tertiary/aromatic N) is 2. The Labute approximate surface area is 169 Å². The number of phenols is 1. The lowest BCUT2D eigenvalue weighted by Crippen LogP contribution is -2.56. The topological polar surface area (TPSA) is 26.7 Å². The van der Waals surface area contributed by atoms with Crippen LogP contribution in [0.4, 0.5) is 5.69 Å². The van der Waals surface area contributed by atoms with E-state index in [0.29, 0.717) is 17.8 Å². The smallest absolute Gasteiger partial charge is 0.117 e. The molecule has 144 valence electrons. The van der Waals surface area contributed by atoms with Crippen LogP contribution in [-0.2, 0) is 6.42 Å². The zero-order chi connectivity index (χ0) is 16.9. The van der Waals surface area contributed by atoms with Crippen molar-refractivity contribution in [1.82, 2.24) is 4.90 Å². The summed E-state index contributed by atoms with van der Waals surface area (Å²) in [6.45, 7) is 7.82. The van der Waals surface area contributed by atoms with E-state index in [1.54, 1.807) is 6.07 Å². The molecule has 0 aromatic heterocycles. The predicted octanol–water partition coefficient (Wildman–Crippen LogP) is 4.77. The zero-order valence-corrected chi connectivity index (χ0v) is 17.2. The van der Waals surface area contributed by atoms with Crippen molar-refractivity contribution in [3.8, 4) is 5.75 Å². The summed E-state index contributed by atoms with van der Waals surface area (Å²) >= 11 is 0. The Bertz CT molecular complexity index is 653. The van der Waals surface area contributed by atoms with E-state index in [4.69, 9.17) is 0 Å². The Kier molecular flexibility index (Phi) is 9.28. The molecule has 1 heterocycles. The molecule has 1 aliphatic rings. The van der Waals surface area contributed by atoms with Crippen LogP contribution in [0.1, 0.15) is 25.8 Å². The van der Waals surface area contributed by atoms with Crippen molar-refractivity contribution < 1.29 is 5.11 Å². The maximum absolute atomic E-state index is 9.74. The number of piperazine rings is 1. The molecule has 2 aromatic carbocycles. The van der Waals surface area contributed by atoms with Gasteiger partial charge < -0.3 is 10.0 Å². The van der Waals surface area contributed by atoms with Gasteiger partial charge in [0.25, 0.3) is 0 Å². The number of anilines is 1. The van der Waals surface area contributed by atoms with Crippen molar-refractivity contribution in [2.45, 2.75) is 38.8 Å². The van der Waals surface area contributed by atoms with E-state index < -0.39 is 0 Å². The molecule has 2 aromatic rings. The highest BCUT2D eigenvalue weighted by Crippen LogP contribution is 2.26. The average Bonchev–Trinajstić information content (AvgIpc) is 2.58. The summed E-state index contributed by atoms with van der Waals surface area (Å²) in [4.78, 5) is 5.02. The van der Waals surface area contributed by atoms with Gasteiger partial charge in [0.2, 0.25) is 0 Å². The van der Waals surface area contributed by atoms with E-state index in [9.17, 15) is 5.11 Å². The molecular formula is C21H30Cl2N2O. The summed E-state index contributed by atoms with van der Waals surface area (Å²) in [6, 6.07) is 19.3. The zero-order valence-electron chi connectivity index (χ0n) is 15.5. The summed E-state index contributed by atoms with van der Waals surface area (Å²) in [7, 11) is 0. The van der Waals surface area contributed by atoms with Crippen LogP contribution < -0.4 is 4.90 Å². The van der Waals surface area contributed by atoms with Crippen molar-refractivity contribution in [3.05, 3.63) is 60.2 Å². The maximum atomic E-state index is 9.74. The lowest BCUT2D eigenvalue weighted by Gasteiger charge is -2.45. The van der Waals surface area contributed by atoms with Crippen LogP contribution >= 0.6 is 24.8 Å². The summed E-state index contributed by atoms with van der Waals surface area (Å²) in [6.07, 6.45) is 2.35. The van der Waals surface area contributed by atoms with Gasteiger partial charge in [-0.05, 0) is 50.9 Å². The molecule has 1 N–H and O–H groups in total. The number of hydrogen-bond donors (Lipinski definition) is 1. The quantitative estimate of drug-likeness (QED) is 0.788. The SMILES string of the molecule is C[C@@H]1CN(c2cccc(O)c2)[C@H](C)CN1CCCc1ccccc1.Cl.Cl. The van der Waals surface area contributed by atoms with Crippen LogP contribution in [0, 0.1) is 0 Å². The van der Waals surface area contributed by atoms with Crippen LogP contribution in [0.5, 0.6) is 5.75 Å². The molecule has 0 bridgehead atoms. The van der Waals surface area contributed by atoms with Crippen LogP contribution in [0.15, 0.2) is 54.6 Å². The van der Waals surface area contributed by atoms with E-state index in [-0.39, 0.29) is 24.8 Å². The minimum Gasteiger partial charge on any atom is -0.508 e. The number of halogens is 2. The fraction of sp³-hybridized carbons (Fsp3) is 0.429. The molecule has 0 amide bonds. The van der Waals surface area contributed by atoms with Gasteiger partial charge in [0.05, 0.1) is 0 Å². The van der Waals surface area contributed by atoms with E-state index in [2.05, 4.69) is 60.0 Å². The van der Waals surface area contributed by atoms with E-state index in [0.717, 1.165) is 31.7 Å². The molecule has 26 heavy (non-hydrogen) atoms. The van der Waals surface area contributed by atoms with Crippen LogP contribution in [-0.4, -0.2) is 41.7 Å². The molecule has 0 radical (unpaired) electrons. The van der Waals surface area contributed by atoms with Gasteiger partial charge in [-0.1, -0.05) is 36.4 Å². The van der Waals surface area contributed by atoms with Gasteiger partial charge in [0.15, 0.2) is 0 Å². The Morgan fingerprint density at radius 2 is 1.65 bits per heavy atom. The molecule has 0 unspecified atom stereocenters. The highest BCUT2D eigenvalue weighted by Gasteiger charge is 2.28. The molecule has 3 nitrogen and oxygen atoms in total. The molecule has 3 rings (SSSR count). The molecule has 0 aliphatic carbocycles. The first kappa shape index (κ1) is 22.6. The third-order valence-electron chi connectivity index (χ3n) is 5.03. The highest BCUT2D eigenvalue weighted by molar-refractivity contribution is 5.85. The first-order valence-electron chi connectivity index (χ1n) is 8.97. The lowest BCUT2D eigenvalue weighted by atomic mass is 10.0. The van der Waals surface area contributed by atoms with Crippen molar-refractivity contribution in [3.63, 3.8) is 0 Å². The summed E-state index contributed by atoms with van der Waals surface area (Å²) < 4.78 is 0. The first-order valence-corrected chi connectivity index (χ1v) is 8.97. The number of benzene rings is 2. The molecule has 0 saturated carbocycles. The van der Waals surface area contributed by atoms with Gasteiger partial charge in [-0.3, -0.25) is 4.90 Å². The van der Waals surface area contributed by atoms with Gasteiger partial charge in [0, 0.05) is 36.9 Å². The summed E-state index contributed by atoms with van der Waals surface area (Å²) in [5, 5.41) is 9.74. The van der Waals surface area contributed by atoms with Gasteiger partial charge >= 0.3 is 0 Å². The fourth-order valence-electron chi connectivity index (χ4n) is 3.67. The number of aryl methyl sites for hydroxylation is 1. The highest BCUT2D eigenvalue weighted by atomic mass is 35.5. The molecule has 1 aliphatic heterocycles. The van der Waals surface area contributed by atoms with Crippen molar-refractivity contribution in [2.24, 2.45) is 0 Å². The Morgan fingerprint density at radius 3 is 2.35 bits per heavy atom. The van der Waals surface area contributed by atoms with Crippen LogP contribution in [0.25, 0.3) is 0 Å². The molecule has 5 heteroatoms. The Balaban J connectivity index is 0.00000169. The second-order valence-electron chi connectivity index (χ2n) is 6.95. The van der Waals surface area contributed by atoms with E-state index >= 15 is 0 Å². The third-order valence-corrected chi connectivity index (χ3v) is 5.03. The average molecular weight is 397 g/mol. The summed E-state index contributed by atoms with van der Waals surface area (Å²) in [5.41, 5.74) is 2.55. The molecule has 2 atom stereocenters. The van der Waals surface area contributed by atoms with Crippen molar-refractivity contribution in [1.29, 1.82) is 0 Å². The Hall–Kier alpha value is -1.42. The standard InChI is InChI=1S/C21H28N2O.2ClH/c1-17-16-23(20-11-6-12-21(24)14-20)18(2)15-22(17)13-7-10-19-8-4-3-5-9-19;;/h3-6,8-9,11-12,14,17-18,24H,7,10,13,15-16H2,1-2H3;2*1H/t17-,18-;;/m1../s1. The molecular weight excluding hydrogens is 367 g/mol. The lowest BCUT2D eigenvalue weighted by molar-refractivity contribution is 0.164. The molecule has 1 fully saturated rings. The minimum absolute atomic E-state index is 0. The molecule has 0 spiro atoms. The van der Waals surface area contributed by atoms with Gasteiger partial charge in [0.1, 0.15) is 5.75 Å². The van der Waals surface area contributed by atoms with E-state index in [1.165, 1.54) is 12.0 Å². The first-order chi connectivity index (χ1) is 11.6. The summed E-state index contributed by atoms with van der Waals surface area (Å²) in [5.74, 6) is 0.345. The third kappa shape index (κ3) is 5.80. The second-order valence-corrected chi connectivity index (χ2v) is 6.95. The number of aromatic hydroxyl groups is 1. The number of rotatable bonds is 5. The van der Waals surface area contributed by atoms with Crippen molar-refractivity contribution in [2.75, 3.05) is 24.5 Å². The normalized spacial score (nSPS) is 20.2. The van der Waals surface area contributed by atoms with E-state index in [1.807, 2.05) is 12.1 Å². The number of hydrogen-bond acceptors (Lipinski definition) is 3. The van der Waals surface area contributed by atoms with Crippen LogP contribution in [0.2, 0.25) is 0 Å². The van der Waals surface area contributed by atoms with Crippen molar-refractivity contribution >= 4 is 30.5 Å². The fourth-order valence-corrected chi connectivity index (χ4v) is 3.67. The number of phenolic OH excluding ortho intramolecular Hbond substituents is 1. The maximum Gasteiger partial charge on any atom is 0.117 e. The van der Waals surface area contributed by atoms with Crippen LogP contribution in [0.3, 0.4) is 0 Å². The Morgan fingerprint density at radius 1 is 0.923 bits per heavy atom. The van der Waals surface area contributed by atoms with Gasteiger partial charge in [-0.25, -0.2) is 0 Å². The second kappa shape index (κ2) is 10.7. The van der Waals surface area contributed by atoms with Gasteiger partial charge in [-0.2, -0.15) is 0 Å². The predicted molar refractivity (Wildman–Crippen MR) is 115 cm³/mol. The minimum atomic E-state index is 0. The van der Waals surface area contributed by atoms with Gasteiger partial charge in [-0.15, -0.1) is 24.8 Å². The molecule has 1 saturated heterocycles.